The van der Waals surface area contributed by atoms with Gasteiger partial charge in [0.05, 0.1) is 36.3 Å². The summed E-state index contributed by atoms with van der Waals surface area (Å²) in [6.07, 6.45) is 19.9. The quantitative estimate of drug-likeness (QED) is 0.0228. The number of carbonyl (C=O) groups is 1. The first-order valence-corrected chi connectivity index (χ1v) is 45.8. The molecule has 91 heavy (non-hydrogen) atoms. The molecule has 0 spiro atoms. The molecule has 0 atom stereocenters. The minimum atomic E-state index is -1.24. The van der Waals surface area contributed by atoms with Gasteiger partial charge in [0.25, 0.3) is 0 Å². The molecule has 6 aromatic heterocycles. The van der Waals surface area contributed by atoms with Gasteiger partial charge in [-0.25, -0.2) is 19.3 Å². The number of imidazole rings is 2. The Labute approximate surface area is 570 Å². The van der Waals surface area contributed by atoms with E-state index in [0.717, 1.165) is 130 Å². The number of nitrogens with zero attached hydrogens (tertiary/aromatic N) is 10. The van der Waals surface area contributed by atoms with Gasteiger partial charge in [-0.05, 0) is 90.4 Å². The second-order valence-corrected chi connectivity index (χ2v) is 49.4. The first-order valence-electron chi connectivity index (χ1n) is 31.0. The maximum atomic E-state index is 11.3. The summed E-state index contributed by atoms with van der Waals surface area (Å²) in [4.78, 5) is 30.0. The molecule has 0 aliphatic heterocycles. The molecule has 8 rings (SSSR count). The van der Waals surface area contributed by atoms with Crippen LogP contribution in [0, 0.1) is 0 Å². The predicted octanol–water partition coefficient (Wildman–Crippen LogP) is 10.8. The maximum Gasteiger partial charge on any atom is 1.00 e. The summed E-state index contributed by atoms with van der Waals surface area (Å²) in [5.41, 5.74) is 15.2. The third-order valence-electron chi connectivity index (χ3n) is 14.0. The summed E-state index contributed by atoms with van der Waals surface area (Å²) >= 11 is 0. The molecule has 2 aromatic carbocycles. The topological polar surface area (TPSA) is 208 Å². The van der Waals surface area contributed by atoms with E-state index in [-0.39, 0.29) is 39.4 Å². The molecule has 3 radical (unpaired) electrons. The average molecular weight is 1320 g/mol. The van der Waals surface area contributed by atoms with Crippen LogP contribution in [0.5, 0.6) is 11.5 Å². The molecule has 0 aliphatic carbocycles. The van der Waals surface area contributed by atoms with E-state index in [4.69, 9.17) is 54.3 Å². The van der Waals surface area contributed by atoms with Crippen molar-refractivity contribution < 1.29 is 64.2 Å². The number of carbonyl (C=O) groups excluding carboxylic acids is 1. The van der Waals surface area contributed by atoms with E-state index in [9.17, 15) is 4.79 Å². The predicted molar refractivity (Wildman–Crippen MR) is 382 cm³/mol. The Hall–Kier alpha value is -5.46. The number of nitrogens with one attached hydrogen (secondary N) is 1. The zero-order chi connectivity index (χ0) is 64.8. The van der Waals surface area contributed by atoms with Gasteiger partial charge in [-0.15, -0.1) is 0 Å². The summed E-state index contributed by atoms with van der Waals surface area (Å²) < 4.78 is 43.5. The van der Waals surface area contributed by atoms with Crippen molar-refractivity contribution in [2.75, 3.05) is 53.7 Å². The molecule has 0 aliphatic rings. The standard InChI is InChI=1S/C33H50N6O3Si2.C31H43N5O4Si2.C2H7N.B.Na.H/c1-9-34-21-27-18-26(20-35-22-27)10-11-28-23-38(24-41-14-16-43(3,4)5)37-32(28)33-36-30-13-12-29(40-2)19-31(30)39(33)25-42-15-17-44(6,7)8;1-38-27-10-11-28-29(17-27)36(23-40-13-15-42(5,6)7)31(33-28)30-26(9-8-24-16-25(21-37)19-32-18-24)20-35(34-30)22-39-12-14-41(2,3)4;1-2-3;;;/h10-13,18-20,22-23,34H,9,14-17,21,24-25H2,1-8H3;8-11,16-21H,12-15,22-23H2,1-7H3;2-3H2,1H3;;;/q;;;;+1;-1/b11-10+;9-8+;;;;. The Morgan fingerprint density at radius 3 is 1.31 bits per heavy atom. The number of fused-ring (bicyclic) bond motifs is 2. The Balaban J connectivity index is 0.000000447. The van der Waals surface area contributed by atoms with Crippen LogP contribution in [0.25, 0.3) is 69.4 Å². The molecular weight excluding hydrogens is 1220 g/mol. The molecule has 0 saturated carbocycles. The van der Waals surface area contributed by atoms with E-state index in [1.807, 2.05) is 89.6 Å². The third-order valence-corrected chi connectivity index (χ3v) is 20.8. The minimum Gasteiger partial charge on any atom is -1.00 e. The number of aldehydes is 1. The summed E-state index contributed by atoms with van der Waals surface area (Å²) in [6, 6.07) is 20.1. The molecule has 487 valence electrons. The van der Waals surface area contributed by atoms with Crippen LogP contribution >= 0.6 is 0 Å². The van der Waals surface area contributed by atoms with Gasteiger partial charge in [0, 0.05) is 140 Å². The monoisotopic (exact) mass is 1320 g/mol. The number of ether oxygens (including phenoxy) is 6. The first-order chi connectivity index (χ1) is 42.3. The van der Waals surface area contributed by atoms with Gasteiger partial charge in [-0.3, -0.25) is 23.9 Å². The number of benzene rings is 2. The van der Waals surface area contributed by atoms with Gasteiger partial charge in [0.1, 0.15) is 49.8 Å². The average Bonchev–Trinajstić information content (AvgIpc) is 1.63. The van der Waals surface area contributed by atoms with Crippen molar-refractivity contribution in [3.63, 3.8) is 0 Å². The second kappa shape index (κ2) is 37.4. The van der Waals surface area contributed by atoms with Crippen LogP contribution in [-0.2, 0) is 52.4 Å². The number of hydrogen-bond donors (Lipinski definition) is 2. The molecule has 0 fully saturated rings. The van der Waals surface area contributed by atoms with Crippen LogP contribution < -0.4 is 50.1 Å². The Bertz CT molecular complexity index is 3570. The molecule has 6 heterocycles. The third kappa shape index (κ3) is 26.1. The zero-order valence-corrected chi connectivity index (χ0v) is 63.6. The van der Waals surface area contributed by atoms with Crippen LogP contribution in [-0.4, -0.2) is 149 Å². The molecule has 0 bridgehead atoms. The maximum absolute atomic E-state index is 11.3. The molecule has 3 N–H and O–H groups in total. The van der Waals surface area contributed by atoms with Crippen LogP contribution in [0.3, 0.4) is 0 Å². The van der Waals surface area contributed by atoms with E-state index in [2.05, 4.69) is 128 Å². The number of nitrogens with two attached hydrogens (primary N) is 1. The van der Waals surface area contributed by atoms with Crippen molar-refractivity contribution in [2.24, 2.45) is 5.73 Å². The molecule has 19 nitrogen and oxygen atoms in total. The first kappa shape index (κ1) is 78.0. The van der Waals surface area contributed by atoms with Crippen molar-refractivity contribution in [1.29, 1.82) is 0 Å². The largest absolute Gasteiger partial charge is 1.00 e. The van der Waals surface area contributed by atoms with E-state index in [1.165, 1.54) is 0 Å². The molecule has 0 saturated heterocycles. The Morgan fingerprint density at radius 1 is 0.538 bits per heavy atom. The Kier molecular flexibility index (Phi) is 32.1. The van der Waals surface area contributed by atoms with Crippen LogP contribution in [0.2, 0.25) is 103 Å². The van der Waals surface area contributed by atoms with E-state index in [1.54, 1.807) is 32.7 Å². The van der Waals surface area contributed by atoms with Crippen LogP contribution in [0.4, 0.5) is 0 Å². The molecule has 0 amide bonds. The van der Waals surface area contributed by atoms with Crippen molar-refractivity contribution in [1.82, 2.24) is 53.9 Å². The van der Waals surface area contributed by atoms with E-state index >= 15 is 0 Å². The van der Waals surface area contributed by atoms with Crippen LogP contribution in [0.15, 0.2) is 85.7 Å². The molecule has 8 aromatic rings. The SMILES string of the molecule is CCN.CCNCc1cncc(/C=C/c2cn(COCC[Si](C)(C)C)nc2-c2nc3ccc(OC)cc3n2COCC[Si](C)(C)C)c1.COc1ccc2nc(-c3nn(COCC[Si](C)(C)C)cc3/C=C/c3cncc(C=O)c3)n(COCC[Si](C)(C)C)c2c1.[B].[H-].[Na+]. The number of pyridine rings is 2. The van der Waals surface area contributed by atoms with Gasteiger partial charge >= 0.3 is 29.6 Å². The minimum absolute atomic E-state index is 0. The number of aromatic nitrogens is 10. The fourth-order valence-corrected chi connectivity index (χ4v) is 11.8. The van der Waals surface area contributed by atoms with E-state index in [0.29, 0.717) is 63.8 Å². The smallest absolute Gasteiger partial charge is 1.00 e. The van der Waals surface area contributed by atoms with Gasteiger partial charge in [-0.1, -0.05) is 117 Å². The molecular formula is C66H101BN12NaO7Si4. The normalized spacial score (nSPS) is 12.0. The second-order valence-electron chi connectivity index (χ2n) is 26.9. The fourth-order valence-electron chi connectivity index (χ4n) is 8.79. The Morgan fingerprint density at radius 2 is 0.923 bits per heavy atom. The van der Waals surface area contributed by atoms with Crippen molar-refractivity contribution in [2.45, 2.75) is 150 Å². The van der Waals surface area contributed by atoms with Gasteiger partial charge < -0.3 is 40.9 Å². The van der Waals surface area contributed by atoms with E-state index < -0.39 is 32.3 Å². The molecule has 25 heteroatoms. The summed E-state index contributed by atoms with van der Waals surface area (Å²) in [5, 5.41) is 13.3. The van der Waals surface area contributed by atoms with Crippen LogP contribution in [0.1, 0.15) is 53.4 Å². The summed E-state index contributed by atoms with van der Waals surface area (Å²) in [5.74, 6) is 2.98. The fraction of sp³-hybridized carbons (Fsp3) is 0.470. The number of hydrogen-bond acceptors (Lipinski definition) is 15. The van der Waals surface area contributed by atoms with Gasteiger partial charge in [0.15, 0.2) is 17.9 Å². The summed E-state index contributed by atoms with van der Waals surface area (Å²) in [7, 11) is -1.52. The van der Waals surface area contributed by atoms with Crippen molar-refractivity contribution >= 4 is 93.4 Å². The summed E-state index contributed by atoms with van der Waals surface area (Å²) in [6.45, 7) is 38.9. The van der Waals surface area contributed by atoms with Crippen molar-refractivity contribution in [3.8, 4) is 34.5 Å². The zero-order valence-electron chi connectivity index (χ0n) is 58.6. The number of methoxy groups -OCH3 is 2. The van der Waals surface area contributed by atoms with Gasteiger partial charge in [-0.2, -0.15) is 10.2 Å². The molecule has 0 unspecified atom stereocenters. The van der Waals surface area contributed by atoms with Gasteiger partial charge in [0.2, 0.25) is 0 Å². The number of rotatable bonds is 32. The van der Waals surface area contributed by atoms with Crippen molar-refractivity contribution in [3.05, 3.63) is 119 Å².